The molecule has 6 nitrogen and oxygen atoms in total. The normalized spacial score (nSPS) is 18.6. The van der Waals surface area contributed by atoms with Crippen molar-refractivity contribution in [3.05, 3.63) is 40.3 Å². The lowest BCUT2D eigenvalue weighted by molar-refractivity contribution is -0.121. The molecule has 2 amide bonds. The largest absolute Gasteiger partial charge is 0.462 e. The number of ether oxygens (including phenoxy) is 1. The smallest absolute Gasteiger partial charge is 0.341 e. The number of hydrogen-bond acceptors (Lipinski definition) is 8. The van der Waals surface area contributed by atoms with Gasteiger partial charge in [0.25, 0.3) is 0 Å². The number of benzene rings is 1. The van der Waals surface area contributed by atoms with Gasteiger partial charge in [0.15, 0.2) is 4.34 Å². The third-order valence-electron chi connectivity index (χ3n) is 5.46. The SMILES string of the molecule is CCOC(=O)c1c(N2C(=O)C[C@H](Sc3nc4ccccc4s3)C2=O)sc2c1CCCC2. The van der Waals surface area contributed by atoms with Crippen molar-refractivity contribution in [3.63, 3.8) is 0 Å². The highest BCUT2D eigenvalue weighted by Crippen LogP contribution is 2.44. The number of fused-ring (bicyclic) bond motifs is 2. The average Bonchev–Trinajstić information content (AvgIpc) is 3.41. The topological polar surface area (TPSA) is 76.6 Å². The predicted molar refractivity (Wildman–Crippen MR) is 123 cm³/mol. The molecule has 5 rings (SSSR count). The van der Waals surface area contributed by atoms with E-state index in [1.165, 1.54) is 39.3 Å². The predicted octanol–water partition coefficient (Wildman–Crippen LogP) is 4.84. The zero-order valence-electron chi connectivity index (χ0n) is 16.9. The lowest BCUT2D eigenvalue weighted by Gasteiger charge is -2.15. The summed E-state index contributed by atoms with van der Waals surface area (Å²) in [6.07, 6.45) is 3.79. The summed E-state index contributed by atoms with van der Waals surface area (Å²) in [5.74, 6) is -0.995. The number of carbonyl (C=O) groups is 3. The van der Waals surface area contributed by atoms with Gasteiger partial charge >= 0.3 is 5.97 Å². The minimum absolute atomic E-state index is 0.101. The molecule has 160 valence electrons. The van der Waals surface area contributed by atoms with Gasteiger partial charge in [0.05, 0.1) is 22.4 Å². The highest BCUT2D eigenvalue weighted by molar-refractivity contribution is 8.02. The van der Waals surface area contributed by atoms with Gasteiger partial charge < -0.3 is 4.74 Å². The number of thiazole rings is 1. The minimum Gasteiger partial charge on any atom is -0.462 e. The number of anilines is 1. The Kier molecular flexibility index (Phi) is 5.58. The van der Waals surface area contributed by atoms with Crippen LogP contribution in [0.1, 0.15) is 47.0 Å². The van der Waals surface area contributed by atoms with Gasteiger partial charge in [0.1, 0.15) is 10.3 Å². The van der Waals surface area contributed by atoms with Crippen LogP contribution in [0.3, 0.4) is 0 Å². The molecule has 3 aromatic rings. The molecule has 0 saturated carbocycles. The second-order valence-electron chi connectivity index (χ2n) is 7.44. The molecule has 9 heteroatoms. The first-order valence-electron chi connectivity index (χ1n) is 10.3. The fraction of sp³-hybridized carbons (Fsp3) is 0.364. The summed E-state index contributed by atoms with van der Waals surface area (Å²) in [4.78, 5) is 45.9. The van der Waals surface area contributed by atoms with Crippen LogP contribution in [0.5, 0.6) is 0 Å². The van der Waals surface area contributed by atoms with Gasteiger partial charge in [-0.15, -0.1) is 22.7 Å². The Morgan fingerprint density at radius 2 is 2.03 bits per heavy atom. The fourth-order valence-corrected chi connectivity index (χ4v) is 7.79. The Labute approximate surface area is 191 Å². The molecule has 0 spiro atoms. The number of hydrogen-bond donors (Lipinski definition) is 0. The van der Waals surface area contributed by atoms with Crippen LogP contribution in [0, 0.1) is 0 Å². The molecule has 0 N–H and O–H groups in total. The molecular formula is C22H20N2O4S3. The van der Waals surface area contributed by atoms with E-state index in [4.69, 9.17) is 4.74 Å². The second-order valence-corrected chi connectivity index (χ2v) is 11.0. The molecule has 0 bridgehead atoms. The lowest BCUT2D eigenvalue weighted by Crippen LogP contribution is -2.32. The summed E-state index contributed by atoms with van der Waals surface area (Å²) in [5, 5.41) is -0.102. The second kappa shape index (κ2) is 8.37. The van der Waals surface area contributed by atoms with E-state index in [-0.39, 0.29) is 24.8 Å². The van der Waals surface area contributed by atoms with Crippen molar-refractivity contribution in [3.8, 4) is 0 Å². The van der Waals surface area contributed by atoms with Crippen molar-refractivity contribution in [2.45, 2.75) is 48.6 Å². The molecule has 1 aliphatic carbocycles. The molecule has 3 heterocycles. The average molecular weight is 473 g/mol. The van der Waals surface area contributed by atoms with Crippen molar-refractivity contribution in [2.75, 3.05) is 11.5 Å². The third kappa shape index (κ3) is 3.68. The van der Waals surface area contributed by atoms with Crippen molar-refractivity contribution in [1.29, 1.82) is 0 Å². The molecule has 2 aliphatic rings. The van der Waals surface area contributed by atoms with Gasteiger partial charge in [-0.25, -0.2) is 14.7 Å². The van der Waals surface area contributed by atoms with Gasteiger partial charge in [-0.1, -0.05) is 23.9 Å². The number of para-hydroxylation sites is 1. The standard InChI is InChI=1S/C22H20N2O4S3/c1-2-28-21(27)18-12-7-3-5-9-14(12)29-20(18)24-17(25)11-16(19(24)26)31-22-23-13-8-4-6-10-15(13)30-22/h4,6,8,10,16H,2-3,5,7,9,11H2,1H3/t16-/m0/s1. The van der Waals surface area contributed by atoms with Crippen LogP contribution in [0.25, 0.3) is 10.2 Å². The van der Waals surface area contributed by atoms with E-state index < -0.39 is 11.2 Å². The first-order valence-corrected chi connectivity index (χ1v) is 12.8. The molecular weight excluding hydrogens is 452 g/mol. The summed E-state index contributed by atoms with van der Waals surface area (Å²) < 4.78 is 7.10. The van der Waals surface area contributed by atoms with Crippen LogP contribution in [-0.2, 0) is 27.2 Å². The van der Waals surface area contributed by atoms with Gasteiger partial charge in [-0.05, 0) is 50.3 Å². The van der Waals surface area contributed by atoms with Crippen LogP contribution in [-0.4, -0.2) is 34.6 Å². The number of amides is 2. The Morgan fingerprint density at radius 1 is 1.23 bits per heavy atom. The first kappa shape index (κ1) is 20.7. The maximum absolute atomic E-state index is 13.3. The summed E-state index contributed by atoms with van der Waals surface area (Å²) in [6.45, 7) is 2.01. The number of carbonyl (C=O) groups excluding carboxylic acids is 3. The maximum Gasteiger partial charge on any atom is 0.341 e. The Hall–Kier alpha value is -2.23. The molecule has 1 saturated heterocycles. The number of rotatable bonds is 5. The number of aryl methyl sites for hydroxylation is 1. The quantitative estimate of drug-likeness (QED) is 0.391. The van der Waals surface area contributed by atoms with Crippen LogP contribution in [0.4, 0.5) is 5.00 Å². The van der Waals surface area contributed by atoms with Crippen molar-refractivity contribution < 1.29 is 19.1 Å². The minimum atomic E-state index is -0.540. The molecule has 2 aromatic heterocycles. The van der Waals surface area contributed by atoms with E-state index in [1.54, 1.807) is 6.92 Å². The fourth-order valence-electron chi connectivity index (χ4n) is 4.06. The van der Waals surface area contributed by atoms with Gasteiger partial charge in [0, 0.05) is 11.3 Å². The molecule has 1 atom stereocenters. The first-order chi connectivity index (χ1) is 15.1. The summed E-state index contributed by atoms with van der Waals surface area (Å²) in [5.41, 5.74) is 2.25. The van der Waals surface area contributed by atoms with Crippen molar-refractivity contribution in [1.82, 2.24) is 4.98 Å². The zero-order valence-corrected chi connectivity index (χ0v) is 19.3. The number of imide groups is 1. The van der Waals surface area contributed by atoms with Gasteiger partial charge in [0.2, 0.25) is 11.8 Å². The molecule has 31 heavy (non-hydrogen) atoms. The Bertz CT molecular complexity index is 1170. The zero-order chi connectivity index (χ0) is 21.5. The number of thiophene rings is 1. The number of aromatic nitrogens is 1. The van der Waals surface area contributed by atoms with E-state index in [0.717, 1.165) is 50.7 Å². The highest BCUT2D eigenvalue weighted by atomic mass is 32.2. The van der Waals surface area contributed by atoms with Gasteiger partial charge in [-0.3, -0.25) is 9.59 Å². The van der Waals surface area contributed by atoms with E-state index in [2.05, 4.69) is 4.98 Å². The monoisotopic (exact) mass is 472 g/mol. The van der Waals surface area contributed by atoms with Crippen LogP contribution in [0.2, 0.25) is 0 Å². The third-order valence-corrected chi connectivity index (χ3v) is 9.05. The highest BCUT2D eigenvalue weighted by Gasteiger charge is 2.44. The number of nitrogens with zero attached hydrogens (tertiary/aromatic N) is 2. The molecule has 0 unspecified atom stereocenters. The number of thioether (sulfide) groups is 1. The van der Waals surface area contributed by atoms with Gasteiger partial charge in [-0.2, -0.15) is 0 Å². The Morgan fingerprint density at radius 3 is 2.84 bits per heavy atom. The van der Waals surface area contributed by atoms with Crippen molar-refractivity contribution in [2.24, 2.45) is 0 Å². The van der Waals surface area contributed by atoms with E-state index in [0.29, 0.717) is 10.6 Å². The summed E-state index contributed by atoms with van der Waals surface area (Å²) >= 11 is 4.24. The lowest BCUT2D eigenvalue weighted by atomic mass is 9.95. The van der Waals surface area contributed by atoms with Crippen LogP contribution in [0.15, 0.2) is 28.6 Å². The molecule has 1 aliphatic heterocycles. The Balaban J connectivity index is 1.47. The summed E-state index contributed by atoms with van der Waals surface area (Å²) in [6, 6.07) is 7.81. The number of esters is 1. The maximum atomic E-state index is 13.3. The van der Waals surface area contributed by atoms with E-state index in [9.17, 15) is 14.4 Å². The van der Waals surface area contributed by atoms with E-state index >= 15 is 0 Å². The van der Waals surface area contributed by atoms with Crippen LogP contribution >= 0.6 is 34.4 Å². The molecule has 1 fully saturated rings. The summed E-state index contributed by atoms with van der Waals surface area (Å²) in [7, 11) is 0. The van der Waals surface area contributed by atoms with E-state index in [1.807, 2.05) is 24.3 Å². The molecule has 1 aromatic carbocycles. The van der Waals surface area contributed by atoms with Crippen LogP contribution < -0.4 is 4.90 Å². The van der Waals surface area contributed by atoms with Crippen molar-refractivity contribution >= 4 is 67.4 Å². The molecule has 0 radical (unpaired) electrons.